The van der Waals surface area contributed by atoms with E-state index in [1.165, 1.54) is 6.20 Å². The van der Waals surface area contributed by atoms with Gasteiger partial charge in [-0.1, -0.05) is 47.5 Å². The van der Waals surface area contributed by atoms with Crippen LogP contribution < -0.4 is 5.43 Å². The topological polar surface area (TPSA) is 37.3 Å². The number of hydrazone groups is 1. The van der Waals surface area contributed by atoms with E-state index in [2.05, 4.69) is 15.5 Å². The molecule has 0 bridgehead atoms. The fraction of sp³-hybridized carbons (Fsp3) is 0.0769. The van der Waals surface area contributed by atoms with Crippen LogP contribution in [0.5, 0.6) is 0 Å². The van der Waals surface area contributed by atoms with Crippen molar-refractivity contribution in [2.24, 2.45) is 5.10 Å². The first-order chi connectivity index (χ1) is 8.66. The Bertz CT molecular complexity index is 582. The van der Waals surface area contributed by atoms with Crippen LogP contribution in [0, 0.1) is 6.92 Å². The van der Waals surface area contributed by atoms with Gasteiger partial charge in [0.25, 0.3) is 0 Å². The Balaban J connectivity index is 2.10. The molecule has 0 fully saturated rings. The monoisotopic (exact) mass is 279 g/mol. The van der Waals surface area contributed by atoms with Gasteiger partial charge in [0.1, 0.15) is 0 Å². The molecular formula is C13H11Cl2N3. The number of hydrogen-bond acceptors (Lipinski definition) is 3. The van der Waals surface area contributed by atoms with E-state index in [1.807, 2.05) is 31.2 Å². The molecule has 92 valence electrons. The number of anilines is 1. The van der Waals surface area contributed by atoms with E-state index in [4.69, 9.17) is 23.2 Å². The molecule has 0 aliphatic carbocycles. The van der Waals surface area contributed by atoms with E-state index in [1.54, 1.807) is 12.3 Å². The minimum absolute atomic E-state index is 0.435. The number of rotatable bonds is 3. The van der Waals surface area contributed by atoms with Crippen molar-refractivity contribution in [1.29, 1.82) is 0 Å². The summed E-state index contributed by atoms with van der Waals surface area (Å²) in [6.45, 7) is 2.02. The van der Waals surface area contributed by atoms with Crippen LogP contribution in [0.4, 0.5) is 5.82 Å². The van der Waals surface area contributed by atoms with Crippen molar-refractivity contribution in [3.05, 3.63) is 57.7 Å². The van der Waals surface area contributed by atoms with Gasteiger partial charge in [-0.25, -0.2) is 4.98 Å². The molecule has 1 N–H and O–H groups in total. The Morgan fingerprint density at radius 1 is 1.28 bits per heavy atom. The Labute approximate surface area is 115 Å². The van der Waals surface area contributed by atoms with Gasteiger partial charge in [0, 0.05) is 6.20 Å². The van der Waals surface area contributed by atoms with Crippen LogP contribution in [-0.4, -0.2) is 11.2 Å². The number of benzene rings is 1. The summed E-state index contributed by atoms with van der Waals surface area (Å²) in [4.78, 5) is 4.04. The van der Waals surface area contributed by atoms with Gasteiger partial charge in [0.05, 0.1) is 16.3 Å². The fourth-order valence-corrected chi connectivity index (χ4v) is 1.81. The minimum atomic E-state index is 0.435. The molecule has 0 aliphatic heterocycles. The molecule has 0 saturated heterocycles. The maximum Gasteiger partial charge on any atom is 0.165 e. The smallest absolute Gasteiger partial charge is 0.165 e. The average molecular weight is 280 g/mol. The summed E-state index contributed by atoms with van der Waals surface area (Å²) in [6.07, 6.45) is 3.24. The quantitative estimate of drug-likeness (QED) is 0.677. The van der Waals surface area contributed by atoms with E-state index in [-0.39, 0.29) is 0 Å². The third kappa shape index (κ3) is 3.22. The Kier molecular flexibility index (Phi) is 4.18. The van der Waals surface area contributed by atoms with Crippen molar-refractivity contribution in [2.75, 3.05) is 5.43 Å². The molecule has 2 rings (SSSR count). The zero-order valence-corrected chi connectivity index (χ0v) is 11.2. The van der Waals surface area contributed by atoms with Crippen molar-refractivity contribution in [1.82, 2.24) is 4.98 Å². The Morgan fingerprint density at radius 2 is 2.06 bits per heavy atom. The Hall–Kier alpha value is -1.58. The van der Waals surface area contributed by atoms with Crippen LogP contribution in [-0.2, 0) is 0 Å². The second-order valence-corrected chi connectivity index (χ2v) is 4.55. The van der Waals surface area contributed by atoms with Crippen LogP contribution in [0.2, 0.25) is 10.0 Å². The van der Waals surface area contributed by atoms with Gasteiger partial charge < -0.3 is 0 Å². The van der Waals surface area contributed by atoms with Crippen LogP contribution in [0.3, 0.4) is 0 Å². The van der Waals surface area contributed by atoms with Gasteiger partial charge in [-0.3, -0.25) is 5.43 Å². The molecule has 0 radical (unpaired) electrons. The molecule has 1 heterocycles. The molecule has 0 unspecified atom stereocenters. The number of aromatic nitrogens is 1. The van der Waals surface area contributed by atoms with Gasteiger partial charge in [-0.15, -0.1) is 0 Å². The van der Waals surface area contributed by atoms with E-state index >= 15 is 0 Å². The molecule has 5 heteroatoms. The van der Waals surface area contributed by atoms with Crippen molar-refractivity contribution < 1.29 is 0 Å². The summed E-state index contributed by atoms with van der Waals surface area (Å²) in [7, 11) is 0. The number of pyridine rings is 1. The number of hydrogen-bond donors (Lipinski definition) is 1. The molecule has 0 atom stereocenters. The molecule has 3 nitrogen and oxygen atoms in total. The largest absolute Gasteiger partial charge is 0.260 e. The minimum Gasteiger partial charge on any atom is -0.260 e. The van der Waals surface area contributed by atoms with E-state index < -0.39 is 0 Å². The predicted molar refractivity (Wildman–Crippen MR) is 76.7 cm³/mol. The summed E-state index contributed by atoms with van der Waals surface area (Å²) in [5, 5.41) is 5.03. The molecule has 1 aromatic heterocycles. The highest BCUT2D eigenvalue weighted by Crippen LogP contribution is 2.22. The lowest BCUT2D eigenvalue weighted by atomic mass is 10.1. The summed E-state index contributed by atoms with van der Waals surface area (Å²) < 4.78 is 0. The average Bonchev–Trinajstić information content (AvgIpc) is 2.34. The third-order valence-corrected chi connectivity index (χ3v) is 2.87. The van der Waals surface area contributed by atoms with Crippen LogP contribution in [0.25, 0.3) is 0 Å². The zero-order valence-electron chi connectivity index (χ0n) is 9.69. The third-order valence-electron chi connectivity index (χ3n) is 2.37. The summed E-state index contributed by atoms with van der Waals surface area (Å²) in [5.74, 6) is 0.478. The number of halogens is 2. The maximum atomic E-state index is 5.96. The molecule has 0 saturated carbocycles. The van der Waals surface area contributed by atoms with Crippen LogP contribution in [0.1, 0.15) is 11.1 Å². The predicted octanol–water partition coefficient (Wildman–Crippen LogP) is 4.14. The lowest BCUT2D eigenvalue weighted by Gasteiger charge is -2.02. The standard InChI is InChI=1S/C13H11Cl2N3/c1-9-4-2-3-5-10(9)7-17-18-13-12(15)6-11(14)8-16-13/h2-8H,1H3,(H,16,18). The van der Waals surface area contributed by atoms with E-state index in [0.717, 1.165) is 11.1 Å². The van der Waals surface area contributed by atoms with Gasteiger partial charge in [0.15, 0.2) is 5.82 Å². The molecule has 1 aromatic carbocycles. The number of nitrogens with one attached hydrogen (secondary N) is 1. The first-order valence-electron chi connectivity index (χ1n) is 5.32. The lowest BCUT2D eigenvalue weighted by molar-refractivity contribution is 1.23. The normalized spacial score (nSPS) is 10.8. The molecule has 0 amide bonds. The first-order valence-corrected chi connectivity index (χ1v) is 6.08. The van der Waals surface area contributed by atoms with Gasteiger partial charge in [-0.2, -0.15) is 5.10 Å². The van der Waals surface area contributed by atoms with Crippen molar-refractivity contribution in [2.45, 2.75) is 6.92 Å². The zero-order chi connectivity index (χ0) is 13.0. The molecule has 18 heavy (non-hydrogen) atoms. The maximum absolute atomic E-state index is 5.96. The summed E-state index contributed by atoms with van der Waals surface area (Å²) in [5.41, 5.74) is 4.97. The van der Waals surface area contributed by atoms with Crippen molar-refractivity contribution in [3.8, 4) is 0 Å². The second-order valence-electron chi connectivity index (χ2n) is 3.71. The lowest BCUT2D eigenvalue weighted by Crippen LogP contribution is -1.95. The Morgan fingerprint density at radius 3 is 2.78 bits per heavy atom. The first kappa shape index (κ1) is 12.9. The van der Waals surface area contributed by atoms with E-state index in [9.17, 15) is 0 Å². The molecule has 2 aromatic rings. The number of nitrogens with zero attached hydrogens (tertiary/aromatic N) is 2. The summed E-state index contributed by atoms with van der Waals surface area (Å²) in [6, 6.07) is 9.56. The highest BCUT2D eigenvalue weighted by Gasteiger charge is 2.00. The van der Waals surface area contributed by atoms with Crippen LogP contribution in [0.15, 0.2) is 41.6 Å². The van der Waals surface area contributed by atoms with Crippen LogP contribution >= 0.6 is 23.2 Å². The molecule has 0 aliphatic rings. The fourth-order valence-electron chi connectivity index (χ4n) is 1.39. The second kappa shape index (κ2) is 5.85. The van der Waals surface area contributed by atoms with Gasteiger partial charge >= 0.3 is 0 Å². The molecule has 0 spiro atoms. The highest BCUT2D eigenvalue weighted by molar-refractivity contribution is 6.35. The SMILES string of the molecule is Cc1ccccc1C=NNc1ncc(Cl)cc1Cl. The highest BCUT2D eigenvalue weighted by atomic mass is 35.5. The van der Waals surface area contributed by atoms with Gasteiger partial charge in [0.2, 0.25) is 0 Å². The molecular weight excluding hydrogens is 269 g/mol. The van der Waals surface area contributed by atoms with Crippen molar-refractivity contribution in [3.63, 3.8) is 0 Å². The van der Waals surface area contributed by atoms with E-state index in [0.29, 0.717) is 15.9 Å². The van der Waals surface area contributed by atoms with Crippen molar-refractivity contribution >= 4 is 35.2 Å². The number of aryl methyl sites for hydroxylation is 1. The van der Waals surface area contributed by atoms with Gasteiger partial charge in [-0.05, 0) is 24.1 Å². The summed E-state index contributed by atoms with van der Waals surface area (Å²) >= 11 is 11.7.